The molecule has 0 aliphatic heterocycles. The molecule has 3 N–H and O–H groups in total. The Kier molecular flexibility index (Phi) is 33.3. The maximum absolute atomic E-state index is 12.5. The Morgan fingerprint density at radius 3 is 1.66 bits per heavy atom. The number of hydrogen-bond donors (Lipinski definition) is 2. The van der Waals surface area contributed by atoms with Crippen LogP contribution < -0.4 is 5.73 Å². The molecule has 9 nitrogen and oxygen atoms in total. The minimum Gasteiger partial charge on any atom is -0.462 e. The number of rotatable bonds is 35. The van der Waals surface area contributed by atoms with Crippen LogP contribution in [0, 0.1) is 0 Å². The van der Waals surface area contributed by atoms with Gasteiger partial charge in [0.2, 0.25) is 0 Å². The zero-order chi connectivity index (χ0) is 34.7. The molecular formula is C37H70NO8P. The van der Waals surface area contributed by atoms with Crippen molar-refractivity contribution in [3.63, 3.8) is 0 Å². The number of carbonyl (C=O) groups excluding carboxylic acids is 2. The molecule has 0 aromatic rings. The third-order valence-corrected chi connectivity index (χ3v) is 8.82. The number of phosphoric ester groups is 1. The Balaban J connectivity index is 4.24. The van der Waals surface area contributed by atoms with E-state index < -0.39 is 32.5 Å². The first-order chi connectivity index (χ1) is 22.8. The highest BCUT2D eigenvalue weighted by atomic mass is 31.2. The Bertz CT molecular complexity index is 835. The Morgan fingerprint density at radius 1 is 0.638 bits per heavy atom. The second-order valence-corrected chi connectivity index (χ2v) is 13.9. The van der Waals surface area contributed by atoms with Crippen molar-refractivity contribution >= 4 is 19.8 Å². The minimum atomic E-state index is -4.37. The number of hydrogen-bond acceptors (Lipinski definition) is 8. The van der Waals surface area contributed by atoms with Gasteiger partial charge in [0.05, 0.1) is 13.2 Å². The molecule has 0 aliphatic rings. The van der Waals surface area contributed by atoms with E-state index in [9.17, 15) is 19.0 Å². The maximum Gasteiger partial charge on any atom is 0.472 e. The van der Waals surface area contributed by atoms with E-state index in [1.807, 2.05) is 0 Å². The van der Waals surface area contributed by atoms with Crippen LogP contribution in [0.15, 0.2) is 24.3 Å². The van der Waals surface area contributed by atoms with Crippen LogP contribution in [0.4, 0.5) is 0 Å². The predicted molar refractivity (Wildman–Crippen MR) is 192 cm³/mol. The molecule has 0 spiro atoms. The first-order valence-electron chi connectivity index (χ1n) is 18.8. The highest BCUT2D eigenvalue weighted by Gasteiger charge is 2.25. The summed E-state index contributed by atoms with van der Waals surface area (Å²) in [4.78, 5) is 34.6. The third kappa shape index (κ3) is 34.2. The molecule has 47 heavy (non-hydrogen) atoms. The summed E-state index contributed by atoms with van der Waals surface area (Å²) in [5.41, 5.74) is 5.32. The summed E-state index contributed by atoms with van der Waals surface area (Å²) in [5, 5.41) is 0. The molecule has 0 fully saturated rings. The van der Waals surface area contributed by atoms with Crippen LogP contribution in [0.1, 0.15) is 168 Å². The minimum absolute atomic E-state index is 0.0526. The molecule has 1 unspecified atom stereocenters. The van der Waals surface area contributed by atoms with E-state index in [1.54, 1.807) is 0 Å². The van der Waals surface area contributed by atoms with Gasteiger partial charge in [-0.25, -0.2) is 4.57 Å². The normalized spacial score (nSPS) is 13.7. The zero-order valence-electron chi connectivity index (χ0n) is 30.0. The maximum atomic E-state index is 12.5. The van der Waals surface area contributed by atoms with E-state index in [4.69, 9.17) is 24.3 Å². The average Bonchev–Trinajstić information content (AvgIpc) is 3.05. The number of esters is 2. The molecule has 0 aliphatic carbocycles. The van der Waals surface area contributed by atoms with Crippen LogP contribution >= 0.6 is 7.82 Å². The molecule has 2 atom stereocenters. The van der Waals surface area contributed by atoms with Crippen molar-refractivity contribution in [1.82, 2.24) is 0 Å². The smallest absolute Gasteiger partial charge is 0.462 e. The number of allylic oxidation sites excluding steroid dienone is 4. The lowest BCUT2D eigenvalue weighted by Gasteiger charge is -2.19. The fraction of sp³-hybridized carbons (Fsp3) is 0.838. The first kappa shape index (κ1) is 45.5. The van der Waals surface area contributed by atoms with Crippen molar-refractivity contribution in [2.75, 3.05) is 26.4 Å². The van der Waals surface area contributed by atoms with Gasteiger partial charge in [-0.2, -0.15) is 0 Å². The van der Waals surface area contributed by atoms with E-state index in [1.165, 1.54) is 77.0 Å². The van der Waals surface area contributed by atoms with Crippen LogP contribution in [-0.2, 0) is 32.7 Å². The van der Waals surface area contributed by atoms with Gasteiger partial charge in [0.1, 0.15) is 6.61 Å². The summed E-state index contributed by atoms with van der Waals surface area (Å²) in [6.45, 7) is 3.67. The quantitative estimate of drug-likeness (QED) is 0.0289. The van der Waals surface area contributed by atoms with Gasteiger partial charge >= 0.3 is 19.8 Å². The number of nitrogens with two attached hydrogens (primary N) is 1. The molecule has 0 amide bonds. The van der Waals surface area contributed by atoms with Gasteiger partial charge in [-0.3, -0.25) is 18.6 Å². The topological polar surface area (TPSA) is 134 Å². The van der Waals surface area contributed by atoms with E-state index in [0.29, 0.717) is 6.42 Å². The van der Waals surface area contributed by atoms with Crippen LogP contribution in [-0.4, -0.2) is 49.3 Å². The second-order valence-electron chi connectivity index (χ2n) is 12.4. The van der Waals surface area contributed by atoms with Gasteiger partial charge < -0.3 is 20.1 Å². The summed E-state index contributed by atoms with van der Waals surface area (Å²) in [7, 11) is -4.37. The zero-order valence-corrected chi connectivity index (χ0v) is 30.9. The van der Waals surface area contributed by atoms with E-state index in [-0.39, 0.29) is 32.6 Å². The fourth-order valence-corrected chi connectivity index (χ4v) is 5.78. The molecule has 0 saturated carbocycles. The third-order valence-electron chi connectivity index (χ3n) is 7.84. The van der Waals surface area contributed by atoms with Crippen LogP contribution in [0.25, 0.3) is 0 Å². The van der Waals surface area contributed by atoms with Gasteiger partial charge in [0.15, 0.2) is 6.10 Å². The number of unbranched alkanes of at least 4 members (excludes halogenated alkanes) is 18. The van der Waals surface area contributed by atoms with Crippen molar-refractivity contribution in [3.05, 3.63) is 24.3 Å². The molecule has 10 heteroatoms. The predicted octanol–water partition coefficient (Wildman–Crippen LogP) is 10.0. The highest BCUT2D eigenvalue weighted by Crippen LogP contribution is 2.43. The summed E-state index contributed by atoms with van der Waals surface area (Å²) in [6, 6.07) is 0. The molecule has 0 rings (SSSR count). The van der Waals surface area contributed by atoms with Crippen molar-refractivity contribution in [3.8, 4) is 0 Å². The summed E-state index contributed by atoms with van der Waals surface area (Å²) in [6.07, 6.45) is 33.5. The van der Waals surface area contributed by atoms with Gasteiger partial charge in [-0.05, 0) is 44.9 Å². The molecule has 0 radical (unpaired) electrons. The second kappa shape index (κ2) is 34.4. The van der Waals surface area contributed by atoms with Gasteiger partial charge in [-0.1, -0.05) is 134 Å². The average molecular weight is 688 g/mol. The van der Waals surface area contributed by atoms with Gasteiger partial charge in [0.25, 0.3) is 0 Å². The Labute approximate surface area is 287 Å². The number of phosphoric acid groups is 1. The lowest BCUT2D eigenvalue weighted by atomic mass is 10.1. The first-order valence-corrected chi connectivity index (χ1v) is 20.3. The van der Waals surface area contributed by atoms with E-state index in [0.717, 1.165) is 57.8 Å². The van der Waals surface area contributed by atoms with E-state index in [2.05, 4.69) is 38.2 Å². The number of carbonyl (C=O) groups is 2. The van der Waals surface area contributed by atoms with Crippen LogP contribution in [0.3, 0.4) is 0 Å². The van der Waals surface area contributed by atoms with E-state index >= 15 is 0 Å². The molecule has 0 saturated heterocycles. The van der Waals surface area contributed by atoms with Crippen molar-refractivity contribution < 1.29 is 37.6 Å². The SMILES string of the molecule is CCCCC/C=C/C/C=C/CCCCCCCC(=O)OC[C@H](COP(=O)(O)OCCN)OC(=O)CCCCCCCCCCCCC. The molecule has 276 valence electrons. The molecule has 0 aromatic heterocycles. The monoisotopic (exact) mass is 687 g/mol. The lowest BCUT2D eigenvalue weighted by Crippen LogP contribution is -2.29. The van der Waals surface area contributed by atoms with Crippen molar-refractivity contribution in [1.29, 1.82) is 0 Å². The Morgan fingerprint density at radius 2 is 1.11 bits per heavy atom. The van der Waals surface area contributed by atoms with Crippen LogP contribution in [0.5, 0.6) is 0 Å². The Hall–Kier alpha value is -1.51. The largest absolute Gasteiger partial charge is 0.472 e. The molecule has 0 aromatic carbocycles. The summed E-state index contributed by atoms with van der Waals surface area (Å²) < 4.78 is 32.6. The standard InChI is InChI=1S/C37H70NO8P/c1-3-5-7-9-11-13-15-16-17-18-20-21-23-25-27-29-36(39)43-33-35(34-45-47(41,42)44-32-31-38)46-37(40)30-28-26-24-22-19-14-12-10-8-6-4-2/h11,13,16-17,35H,3-10,12,14-15,18-34,38H2,1-2H3,(H,41,42)/b13-11+,17-16+/t35-/m1/s1. The lowest BCUT2D eigenvalue weighted by molar-refractivity contribution is -0.161. The van der Waals surface area contributed by atoms with Crippen molar-refractivity contribution in [2.45, 2.75) is 174 Å². The molecule has 0 bridgehead atoms. The summed E-state index contributed by atoms with van der Waals surface area (Å²) in [5.74, 6) is -0.844. The van der Waals surface area contributed by atoms with Crippen LogP contribution in [0.2, 0.25) is 0 Å². The summed E-state index contributed by atoms with van der Waals surface area (Å²) >= 11 is 0. The molecular weight excluding hydrogens is 617 g/mol. The fourth-order valence-electron chi connectivity index (χ4n) is 5.02. The molecule has 0 heterocycles. The van der Waals surface area contributed by atoms with Crippen molar-refractivity contribution in [2.24, 2.45) is 5.73 Å². The van der Waals surface area contributed by atoms with Gasteiger partial charge in [-0.15, -0.1) is 0 Å². The van der Waals surface area contributed by atoms with Gasteiger partial charge in [0, 0.05) is 19.4 Å². The number of ether oxygens (including phenoxy) is 2. The highest BCUT2D eigenvalue weighted by molar-refractivity contribution is 7.47.